The van der Waals surface area contributed by atoms with E-state index in [9.17, 15) is 18.0 Å². The fraction of sp³-hybridized carbons (Fsp3) is 0.222. The summed E-state index contributed by atoms with van der Waals surface area (Å²) in [5, 5.41) is 5.26. The number of carbonyl (C=O) groups excluding carboxylic acids is 2. The molecule has 2 aromatic rings. The quantitative estimate of drug-likeness (QED) is 0.808. The molecule has 1 aliphatic heterocycles. The Balaban J connectivity index is 1.74. The lowest BCUT2D eigenvalue weighted by Gasteiger charge is -2.21. The lowest BCUT2D eigenvalue weighted by Crippen LogP contribution is -2.35. The molecule has 2 amide bonds. The van der Waals surface area contributed by atoms with E-state index in [1.54, 1.807) is 12.1 Å². The van der Waals surface area contributed by atoms with E-state index in [0.717, 1.165) is 9.87 Å². The highest BCUT2D eigenvalue weighted by atomic mass is 32.2. The van der Waals surface area contributed by atoms with Crippen LogP contribution in [-0.4, -0.2) is 44.7 Å². The second kappa shape index (κ2) is 7.37. The van der Waals surface area contributed by atoms with Crippen molar-refractivity contribution in [2.24, 2.45) is 0 Å². The number of rotatable bonds is 5. The van der Waals surface area contributed by atoms with Crippen LogP contribution in [0.2, 0.25) is 0 Å². The summed E-state index contributed by atoms with van der Waals surface area (Å²) in [5.41, 5.74) is 1.79. The van der Waals surface area contributed by atoms with E-state index in [-0.39, 0.29) is 29.6 Å². The highest BCUT2D eigenvalue weighted by molar-refractivity contribution is 7.89. The molecular weight excluding hydrogens is 370 g/mol. The van der Waals surface area contributed by atoms with Crippen molar-refractivity contribution in [2.45, 2.75) is 11.8 Å². The van der Waals surface area contributed by atoms with Crippen molar-refractivity contribution in [1.29, 1.82) is 0 Å². The first-order valence-electron chi connectivity index (χ1n) is 8.16. The Morgan fingerprint density at radius 2 is 2.00 bits per heavy atom. The molecular formula is C18H19N3O5S. The van der Waals surface area contributed by atoms with Gasteiger partial charge in [0.1, 0.15) is 5.75 Å². The van der Waals surface area contributed by atoms with Crippen LogP contribution in [-0.2, 0) is 19.6 Å². The minimum atomic E-state index is -3.92. The standard InChI is InChI=1S/C18H19N3O5S/c1-12-5-3-4-6-14(12)19-17(22)10-21(2)27(24,25)13-7-8-16-15(9-13)20-18(23)11-26-16/h3-9H,10-11H2,1-2H3,(H,19,22)(H,20,23). The van der Waals surface area contributed by atoms with E-state index >= 15 is 0 Å². The fourth-order valence-electron chi connectivity index (χ4n) is 2.59. The fourth-order valence-corrected chi connectivity index (χ4v) is 3.75. The van der Waals surface area contributed by atoms with Gasteiger partial charge in [-0.25, -0.2) is 8.42 Å². The predicted molar refractivity (Wildman–Crippen MR) is 100 cm³/mol. The van der Waals surface area contributed by atoms with Gasteiger partial charge in [0.15, 0.2) is 6.61 Å². The number of hydrogen-bond acceptors (Lipinski definition) is 5. The number of ether oxygens (including phenoxy) is 1. The molecule has 0 unspecified atom stereocenters. The summed E-state index contributed by atoms with van der Waals surface area (Å²) < 4.78 is 31.7. The molecule has 9 heteroatoms. The summed E-state index contributed by atoms with van der Waals surface area (Å²) in [5.74, 6) is -0.415. The van der Waals surface area contributed by atoms with Gasteiger partial charge in [0.25, 0.3) is 5.91 Å². The highest BCUT2D eigenvalue weighted by Crippen LogP contribution is 2.30. The van der Waals surface area contributed by atoms with Crippen LogP contribution >= 0.6 is 0 Å². The van der Waals surface area contributed by atoms with Gasteiger partial charge in [-0.05, 0) is 36.8 Å². The van der Waals surface area contributed by atoms with Gasteiger partial charge in [-0.15, -0.1) is 0 Å². The number of sulfonamides is 1. The molecule has 27 heavy (non-hydrogen) atoms. The Hall–Kier alpha value is -2.91. The maximum Gasteiger partial charge on any atom is 0.262 e. The molecule has 142 valence electrons. The number of nitrogens with zero attached hydrogens (tertiary/aromatic N) is 1. The second-order valence-corrected chi connectivity index (χ2v) is 8.16. The largest absolute Gasteiger partial charge is 0.482 e. The number of anilines is 2. The van der Waals surface area contributed by atoms with E-state index in [0.29, 0.717) is 11.4 Å². The summed E-state index contributed by atoms with van der Waals surface area (Å²) in [6, 6.07) is 11.4. The summed E-state index contributed by atoms with van der Waals surface area (Å²) in [6.07, 6.45) is 0. The Bertz CT molecular complexity index is 1000. The molecule has 3 rings (SSSR count). The minimum Gasteiger partial charge on any atom is -0.482 e. The smallest absolute Gasteiger partial charge is 0.262 e. The Labute approximate surface area is 157 Å². The molecule has 0 atom stereocenters. The van der Waals surface area contributed by atoms with Gasteiger partial charge >= 0.3 is 0 Å². The monoisotopic (exact) mass is 389 g/mol. The van der Waals surface area contributed by atoms with Gasteiger partial charge in [0.05, 0.1) is 17.1 Å². The molecule has 0 aromatic heterocycles. The van der Waals surface area contributed by atoms with Crippen molar-refractivity contribution >= 4 is 33.2 Å². The highest BCUT2D eigenvalue weighted by Gasteiger charge is 2.26. The first-order valence-corrected chi connectivity index (χ1v) is 9.60. The average Bonchev–Trinajstić information content (AvgIpc) is 2.62. The molecule has 1 aliphatic rings. The van der Waals surface area contributed by atoms with Gasteiger partial charge in [-0.1, -0.05) is 18.2 Å². The van der Waals surface area contributed by atoms with Crippen molar-refractivity contribution in [3.8, 4) is 5.75 Å². The van der Waals surface area contributed by atoms with Crippen LogP contribution < -0.4 is 15.4 Å². The number of amides is 2. The van der Waals surface area contributed by atoms with Gasteiger partial charge in [0, 0.05) is 12.7 Å². The molecule has 1 heterocycles. The number of aryl methyl sites for hydroxylation is 1. The third-order valence-corrected chi connectivity index (χ3v) is 5.88. The van der Waals surface area contributed by atoms with Gasteiger partial charge in [0.2, 0.25) is 15.9 Å². The SMILES string of the molecule is Cc1ccccc1NC(=O)CN(C)S(=O)(=O)c1ccc2c(c1)NC(=O)CO2. The van der Waals surface area contributed by atoms with Crippen molar-refractivity contribution in [3.63, 3.8) is 0 Å². The van der Waals surface area contributed by atoms with E-state index in [4.69, 9.17) is 4.74 Å². The number of likely N-dealkylation sites (N-methyl/N-ethyl adjacent to an activating group) is 1. The van der Waals surface area contributed by atoms with Crippen LogP contribution in [0.3, 0.4) is 0 Å². The van der Waals surface area contributed by atoms with Gasteiger partial charge in [-0.2, -0.15) is 4.31 Å². The third kappa shape index (κ3) is 4.09. The zero-order valence-electron chi connectivity index (χ0n) is 14.9. The Kier molecular flexibility index (Phi) is 5.15. The molecule has 8 nitrogen and oxygen atoms in total. The normalized spacial score (nSPS) is 13.5. The van der Waals surface area contributed by atoms with Crippen LogP contribution in [0.5, 0.6) is 5.75 Å². The molecule has 0 saturated carbocycles. The number of carbonyl (C=O) groups is 2. The van der Waals surface area contributed by atoms with E-state index in [2.05, 4.69) is 10.6 Å². The Morgan fingerprint density at radius 1 is 1.26 bits per heavy atom. The summed E-state index contributed by atoms with van der Waals surface area (Å²) in [6.45, 7) is 1.38. The molecule has 2 N–H and O–H groups in total. The van der Waals surface area contributed by atoms with Crippen LogP contribution in [0.1, 0.15) is 5.56 Å². The number of para-hydroxylation sites is 1. The number of fused-ring (bicyclic) bond motifs is 1. The summed E-state index contributed by atoms with van der Waals surface area (Å²) in [7, 11) is -2.60. The van der Waals surface area contributed by atoms with Crippen LogP contribution in [0.15, 0.2) is 47.4 Å². The predicted octanol–water partition coefficient (Wildman–Crippen LogP) is 1.59. The molecule has 2 aromatic carbocycles. The summed E-state index contributed by atoms with van der Waals surface area (Å²) in [4.78, 5) is 23.6. The first kappa shape index (κ1) is 18.9. The van der Waals surface area contributed by atoms with Gasteiger partial charge in [-0.3, -0.25) is 9.59 Å². The van der Waals surface area contributed by atoms with Crippen LogP contribution in [0, 0.1) is 6.92 Å². The van der Waals surface area contributed by atoms with E-state index in [1.807, 2.05) is 19.1 Å². The zero-order valence-corrected chi connectivity index (χ0v) is 15.7. The lowest BCUT2D eigenvalue weighted by molar-refractivity contribution is -0.118. The summed E-state index contributed by atoms with van der Waals surface area (Å²) >= 11 is 0. The first-order chi connectivity index (χ1) is 12.8. The number of benzene rings is 2. The third-order valence-electron chi connectivity index (χ3n) is 4.08. The maximum absolute atomic E-state index is 12.7. The Morgan fingerprint density at radius 3 is 2.74 bits per heavy atom. The molecule has 0 spiro atoms. The molecule has 0 fully saturated rings. The molecule has 0 radical (unpaired) electrons. The molecule has 0 aliphatic carbocycles. The van der Waals surface area contributed by atoms with E-state index < -0.39 is 15.9 Å². The zero-order chi connectivity index (χ0) is 19.6. The minimum absolute atomic E-state index is 0.0433. The number of nitrogens with one attached hydrogen (secondary N) is 2. The lowest BCUT2D eigenvalue weighted by atomic mass is 10.2. The van der Waals surface area contributed by atoms with Crippen molar-refractivity contribution < 1.29 is 22.7 Å². The van der Waals surface area contributed by atoms with Crippen molar-refractivity contribution in [2.75, 3.05) is 30.8 Å². The van der Waals surface area contributed by atoms with Crippen LogP contribution in [0.4, 0.5) is 11.4 Å². The average molecular weight is 389 g/mol. The van der Waals surface area contributed by atoms with Gasteiger partial charge < -0.3 is 15.4 Å². The van der Waals surface area contributed by atoms with Crippen molar-refractivity contribution in [3.05, 3.63) is 48.0 Å². The maximum atomic E-state index is 12.7. The second-order valence-electron chi connectivity index (χ2n) is 6.12. The molecule has 0 bridgehead atoms. The number of hydrogen-bond donors (Lipinski definition) is 2. The topological polar surface area (TPSA) is 105 Å². The van der Waals surface area contributed by atoms with Crippen LogP contribution in [0.25, 0.3) is 0 Å². The molecule has 0 saturated heterocycles. The van der Waals surface area contributed by atoms with E-state index in [1.165, 1.54) is 25.2 Å². The van der Waals surface area contributed by atoms with Crippen molar-refractivity contribution in [1.82, 2.24) is 4.31 Å².